The highest BCUT2D eigenvalue weighted by atomic mass is 16.5. The smallest absolute Gasteiger partial charge is 0.244 e. The van der Waals surface area contributed by atoms with E-state index in [1.165, 1.54) is 6.42 Å². The van der Waals surface area contributed by atoms with E-state index >= 15 is 0 Å². The van der Waals surface area contributed by atoms with Gasteiger partial charge in [0.15, 0.2) is 0 Å². The second-order valence-corrected chi connectivity index (χ2v) is 6.02. The van der Waals surface area contributed by atoms with Crippen LogP contribution < -0.4 is 10.1 Å². The second kappa shape index (κ2) is 6.38. The molecule has 0 unspecified atom stereocenters. The molecule has 2 aliphatic rings. The van der Waals surface area contributed by atoms with Gasteiger partial charge in [-0.1, -0.05) is 18.2 Å². The highest BCUT2D eigenvalue weighted by Gasteiger charge is 2.32. The Hall–Kier alpha value is -2.04. The lowest BCUT2D eigenvalue weighted by atomic mass is 10.00. The molecule has 0 aromatic heterocycles. The van der Waals surface area contributed by atoms with Gasteiger partial charge in [-0.15, -0.1) is 0 Å². The lowest BCUT2D eigenvalue weighted by Gasteiger charge is -2.29. The lowest BCUT2D eigenvalue weighted by Crippen LogP contribution is -2.49. The Morgan fingerprint density at radius 3 is 2.73 bits per heavy atom. The molecule has 1 aromatic carbocycles. The molecule has 0 radical (unpaired) electrons. The van der Waals surface area contributed by atoms with Crippen LogP contribution in [0.1, 0.15) is 37.7 Å². The Morgan fingerprint density at radius 1 is 1.23 bits per heavy atom. The molecular formula is C17H22N2O3. The van der Waals surface area contributed by atoms with Gasteiger partial charge in [-0.25, -0.2) is 0 Å². The normalized spacial score (nSPS) is 21.7. The first-order chi connectivity index (χ1) is 10.7. The van der Waals surface area contributed by atoms with Gasteiger partial charge in [-0.3, -0.25) is 9.59 Å². The number of hydrogen-bond acceptors (Lipinski definition) is 3. The number of amides is 2. The number of para-hydroxylation sites is 1. The number of hydrogen-bond donors (Lipinski definition) is 1. The molecule has 2 aliphatic heterocycles. The first kappa shape index (κ1) is 14.9. The van der Waals surface area contributed by atoms with Crippen LogP contribution in [0.25, 0.3) is 0 Å². The minimum atomic E-state index is -0.488. The first-order valence-corrected chi connectivity index (χ1v) is 7.97. The van der Waals surface area contributed by atoms with Crippen LogP contribution in [0.4, 0.5) is 0 Å². The third-order valence-electron chi connectivity index (χ3n) is 4.41. The molecule has 1 fully saturated rings. The van der Waals surface area contributed by atoms with Crippen molar-refractivity contribution in [2.24, 2.45) is 0 Å². The van der Waals surface area contributed by atoms with Gasteiger partial charge in [0.2, 0.25) is 11.8 Å². The molecule has 3 rings (SSSR count). The van der Waals surface area contributed by atoms with Crippen molar-refractivity contribution in [1.29, 1.82) is 0 Å². The molecule has 1 N–H and O–H groups in total. The van der Waals surface area contributed by atoms with E-state index in [1.807, 2.05) is 29.2 Å². The summed E-state index contributed by atoms with van der Waals surface area (Å²) in [7, 11) is 0. The molecule has 1 saturated heterocycles. The van der Waals surface area contributed by atoms with Crippen molar-refractivity contribution in [3.05, 3.63) is 29.8 Å². The zero-order chi connectivity index (χ0) is 15.5. The van der Waals surface area contributed by atoms with E-state index in [9.17, 15) is 9.59 Å². The monoisotopic (exact) mass is 302 g/mol. The molecule has 5 nitrogen and oxygen atoms in total. The Kier molecular flexibility index (Phi) is 4.32. The van der Waals surface area contributed by atoms with E-state index < -0.39 is 6.04 Å². The van der Waals surface area contributed by atoms with Gasteiger partial charge < -0.3 is 15.0 Å². The molecule has 0 bridgehead atoms. The molecule has 2 heterocycles. The zero-order valence-corrected chi connectivity index (χ0v) is 12.9. The van der Waals surface area contributed by atoms with Crippen LogP contribution in [0.2, 0.25) is 0 Å². The second-order valence-electron chi connectivity index (χ2n) is 6.02. The third kappa shape index (κ3) is 2.93. The van der Waals surface area contributed by atoms with Gasteiger partial charge in [0.25, 0.3) is 0 Å². The van der Waals surface area contributed by atoms with E-state index in [0.717, 1.165) is 37.2 Å². The quantitative estimate of drug-likeness (QED) is 0.924. The Morgan fingerprint density at radius 2 is 1.95 bits per heavy atom. The van der Waals surface area contributed by atoms with Crippen molar-refractivity contribution >= 4 is 11.8 Å². The fraction of sp³-hybridized carbons (Fsp3) is 0.529. The van der Waals surface area contributed by atoms with Crippen molar-refractivity contribution in [3.8, 4) is 5.75 Å². The summed E-state index contributed by atoms with van der Waals surface area (Å²) in [6, 6.07) is 7.07. The van der Waals surface area contributed by atoms with Crippen molar-refractivity contribution in [2.75, 3.05) is 19.7 Å². The zero-order valence-electron chi connectivity index (χ0n) is 12.9. The largest absolute Gasteiger partial charge is 0.492 e. The molecule has 0 aliphatic carbocycles. The third-order valence-corrected chi connectivity index (χ3v) is 4.41. The number of nitrogens with one attached hydrogen (secondary N) is 1. The van der Waals surface area contributed by atoms with Gasteiger partial charge in [-0.05, 0) is 32.3 Å². The van der Waals surface area contributed by atoms with E-state index in [4.69, 9.17) is 4.74 Å². The van der Waals surface area contributed by atoms with Crippen molar-refractivity contribution in [3.63, 3.8) is 0 Å². The summed E-state index contributed by atoms with van der Waals surface area (Å²) < 4.78 is 5.53. The van der Waals surface area contributed by atoms with Crippen molar-refractivity contribution < 1.29 is 14.3 Å². The van der Waals surface area contributed by atoms with E-state index in [0.29, 0.717) is 6.61 Å². The fourth-order valence-electron chi connectivity index (χ4n) is 3.14. The predicted octanol–water partition coefficient (Wildman–Crippen LogP) is 1.68. The molecule has 2 amide bonds. The maximum absolute atomic E-state index is 12.4. The molecule has 2 atom stereocenters. The van der Waals surface area contributed by atoms with E-state index in [-0.39, 0.29) is 17.7 Å². The highest BCUT2D eigenvalue weighted by Crippen LogP contribution is 2.33. The summed E-state index contributed by atoms with van der Waals surface area (Å²) in [5, 5.41) is 2.85. The van der Waals surface area contributed by atoms with E-state index in [1.54, 1.807) is 6.92 Å². The summed E-state index contributed by atoms with van der Waals surface area (Å²) in [5.74, 6) is 0.313. The molecule has 22 heavy (non-hydrogen) atoms. The SMILES string of the molecule is C[C@H](NC(=O)[C@@H]1COc2ccccc21)C(=O)N1CCCCC1. The molecular weight excluding hydrogens is 280 g/mol. The minimum Gasteiger partial charge on any atom is -0.492 e. The Balaban J connectivity index is 1.61. The molecule has 1 aromatic rings. The van der Waals surface area contributed by atoms with Crippen LogP contribution in [-0.4, -0.2) is 42.5 Å². The average Bonchev–Trinajstić information content (AvgIpc) is 2.99. The first-order valence-electron chi connectivity index (χ1n) is 7.97. The highest BCUT2D eigenvalue weighted by molar-refractivity contribution is 5.91. The van der Waals surface area contributed by atoms with Gasteiger partial charge in [0, 0.05) is 18.7 Å². The summed E-state index contributed by atoms with van der Waals surface area (Å²) >= 11 is 0. The Labute approximate surface area is 130 Å². The van der Waals surface area contributed by atoms with Gasteiger partial charge in [0.05, 0.1) is 0 Å². The van der Waals surface area contributed by atoms with Crippen LogP contribution in [0.5, 0.6) is 5.75 Å². The van der Waals surface area contributed by atoms with Crippen LogP contribution in [0.15, 0.2) is 24.3 Å². The fourth-order valence-corrected chi connectivity index (χ4v) is 3.14. The predicted molar refractivity (Wildman–Crippen MR) is 82.7 cm³/mol. The van der Waals surface area contributed by atoms with Crippen LogP contribution in [-0.2, 0) is 9.59 Å². The number of ether oxygens (including phenoxy) is 1. The number of nitrogens with zero attached hydrogens (tertiary/aromatic N) is 1. The minimum absolute atomic E-state index is 0.0141. The number of piperidine rings is 1. The average molecular weight is 302 g/mol. The van der Waals surface area contributed by atoms with Crippen molar-refractivity contribution in [2.45, 2.75) is 38.1 Å². The summed E-state index contributed by atoms with van der Waals surface area (Å²) in [6.45, 7) is 3.70. The molecule has 5 heteroatoms. The molecule has 118 valence electrons. The Bertz CT molecular complexity index is 567. The topological polar surface area (TPSA) is 58.6 Å². The number of benzene rings is 1. The van der Waals surface area contributed by atoms with Gasteiger partial charge in [0.1, 0.15) is 24.3 Å². The number of carbonyl (C=O) groups is 2. The maximum atomic E-state index is 12.4. The van der Waals surface area contributed by atoms with Crippen LogP contribution >= 0.6 is 0 Å². The standard InChI is InChI=1S/C17H22N2O3/c1-12(17(21)19-9-5-2-6-10-19)18-16(20)14-11-22-15-8-4-3-7-13(14)15/h3-4,7-8,12,14H,2,5-6,9-11H2,1H3,(H,18,20)/t12-,14+/m0/s1. The number of fused-ring (bicyclic) bond motifs is 1. The summed E-state index contributed by atoms with van der Waals surface area (Å²) in [4.78, 5) is 26.7. The number of carbonyl (C=O) groups excluding carboxylic acids is 2. The van der Waals surface area contributed by atoms with Crippen LogP contribution in [0, 0.1) is 0 Å². The summed E-state index contributed by atoms with van der Waals surface area (Å²) in [6.07, 6.45) is 3.28. The van der Waals surface area contributed by atoms with Gasteiger partial charge >= 0.3 is 0 Å². The molecule has 0 spiro atoms. The van der Waals surface area contributed by atoms with Crippen LogP contribution in [0.3, 0.4) is 0 Å². The molecule has 0 saturated carbocycles. The maximum Gasteiger partial charge on any atom is 0.244 e. The summed E-state index contributed by atoms with van der Waals surface area (Å²) in [5.41, 5.74) is 0.901. The number of likely N-dealkylation sites (tertiary alicyclic amines) is 1. The van der Waals surface area contributed by atoms with E-state index in [2.05, 4.69) is 5.32 Å². The lowest BCUT2D eigenvalue weighted by molar-refractivity contribution is -0.137. The van der Waals surface area contributed by atoms with Crippen molar-refractivity contribution in [1.82, 2.24) is 10.2 Å². The number of rotatable bonds is 3. The van der Waals surface area contributed by atoms with Gasteiger partial charge in [-0.2, -0.15) is 0 Å².